The van der Waals surface area contributed by atoms with Gasteiger partial charge in [-0.3, -0.25) is 0 Å². The van der Waals surface area contributed by atoms with Crippen LogP contribution in [0, 0.1) is 5.92 Å². The summed E-state index contributed by atoms with van der Waals surface area (Å²) in [5.41, 5.74) is 4.84. The predicted molar refractivity (Wildman–Crippen MR) is 97.1 cm³/mol. The minimum absolute atomic E-state index is 0.682. The van der Waals surface area contributed by atoms with Crippen LogP contribution < -0.4 is 10.6 Å². The number of hydrogen-bond acceptors (Lipinski definition) is 2. The van der Waals surface area contributed by atoms with Crippen LogP contribution in [0.4, 0.5) is 0 Å². The highest BCUT2D eigenvalue weighted by Gasteiger charge is 2.36. The maximum atomic E-state index is 2.69. The molecule has 2 aliphatic heterocycles. The van der Waals surface area contributed by atoms with Gasteiger partial charge in [0.1, 0.15) is 0 Å². The molecule has 3 unspecified atom stereocenters. The van der Waals surface area contributed by atoms with E-state index in [0.29, 0.717) is 17.8 Å². The second kappa shape index (κ2) is 5.09. The van der Waals surface area contributed by atoms with Crippen LogP contribution in [0.3, 0.4) is 0 Å². The lowest BCUT2D eigenvalue weighted by Gasteiger charge is -2.38. The molecule has 3 atom stereocenters. The number of likely N-dealkylation sites (N-methyl/N-ethyl adjacent to an activating group) is 1. The monoisotopic (exact) mass is 324 g/mol. The summed E-state index contributed by atoms with van der Waals surface area (Å²) >= 11 is 1.84. The fourth-order valence-electron chi connectivity index (χ4n) is 4.99. The minimum Gasteiger partial charge on any atom is -0.344 e. The molecule has 0 spiro atoms. The van der Waals surface area contributed by atoms with Crippen LogP contribution in [0.2, 0.25) is 0 Å². The van der Waals surface area contributed by atoms with Gasteiger partial charge >= 0.3 is 0 Å². The van der Waals surface area contributed by atoms with E-state index in [1.165, 1.54) is 31.3 Å². The third-order valence-corrected chi connectivity index (χ3v) is 6.66. The molecule has 0 aromatic carbocycles. The largest absolute Gasteiger partial charge is 0.344 e. The molecule has 0 bridgehead atoms. The van der Waals surface area contributed by atoms with Gasteiger partial charge in [0, 0.05) is 47.7 Å². The molecule has 0 saturated heterocycles. The molecule has 0 saturated carbocycles. The number of fused-ring (bicyclic) bond motifs is 3. The number of rotatable bonds is 1. The van der Waals surface area contributed by atoms with Crippen molar-refractivity contribution in [1.29, 1.82) is 0 Å². The lowest BCUT2D eigenvalue weighted by atomic mass is 9.82. The molecule has 0 fully saturated rings. The van der Waals surface area contributed by atoms with Crippen LogP contribution in [-0.2, 0) is 13.1 Å². The van der Waals surface area contributed by atoms with Crippen molar-refractivity contribution in [2.24, 2.45) is 5.92 Å². The van der Waals surface area contributed by atoms with Crippen molar-refractivity contribution >= 4 is 23.5 Å². The van der Waals surface area contributed by atoms with E-state index in [9.17, 15) is 0 Å². The Kier molecular flexibility index (Phi) is 3.11. The van der Waals surface area contributed by atoms with Gasteiger partial charge < -0.3 is 9.47 Å². The Hall–Kier alpha value is -1.32. The Morgan fingerprint density at radius 2 is 2.13 bits per heavy atom. The van der Waals surface area contributed by atoms with Gasteiger partial charge in [0.25, 0.3) is 0 Å². The molecule has 2 aromatic rings. The summed E-state index contributed by atoms with van der Waals surface area (Å²) in [5.74, 6) is 2.06. The standard InChI is InChI=1S/C20H24N2S/c1-13-3-4-19-17(7-13)18-11-21(2)9-16-8-15(10-22(19)20(16)18)14-5-6-23-12-14/h4-7,12-13,15-16H,3,8-11H2,1-2H3. The molecule has 4 heterocycles. The molecular formula is C20H24N2S. The molecule has 0 amide bonds. The zero-order valence-corrected chi connectivity index (χ0v) is 14.8. The van der Waals surface area contributed by atoms with E-state index in [4.69, 9.17) is 0 Å². The number of aromatic nitrogens is 1. The Balaban J connectivity index is 1.72. The molecule has 5 rings (SSSR count). The topological polar surface area (TPSA) is 8.17 Å². The summed E-state index contributed by atoms with van der Waals surface area (Å²) in [6, 6.07) is 2.33. The van der Waals surface area contributed by atoms with Gasteiger partial charge in [-0.2, -0.15) is 11.3 Å². The Morgan fingerprint density at radius 3 is 2.96 bits per heavy atom. The molecule has 3 aliphatic rings. The first kappa shape index (κ1) is 14.1. The first-order valence-corrected chi connectivity index (χ1v) is 9.79. The van der Waals surface area contributed by atoms with E-state index in [2.05, 4.69) is 52.4 Å². The Bertz CT molecular complexity index is 859. The smallest absolute Gasteiger partial charge is 0.0442 e. The van der Waals surface area contributed by atoms with E-state index in [1.54, 1.807) is 22.0 Å². The lowest BCUT2D eigenvalue weighted by Crippen LogP contribution is -2.37. The summed E-state index contributed by atoms with van der Waals surface area (Å²) < 4.78 is 2.69. The highest BCUT2D eigenvalue weighted by atomic mass is 32.1. The molecular weight excluding hydrogens is 300 g/mol. The molecule has 2 aromatic heterocycles. The van der Waals surface area contributed by atoms with Crippen LogP contribution in [0.15, 0.2) is 16.8 Å². The maximum Gasteiger partial charge on any atom is 0.0442 e. The van der Waals surface area contributed by atoms with Gasteiger partial charge in [0.15, 0.2) is 0 Å². The van der Waals surface area contributed by atoms with E-state index in [0.717, 1.165) is 6.54 Å². The first-order chi connectivity index (χ1) is 11.2. The van der Waals surface area contributed by atoms with Crippen LogP contribution in [-0.4, -0.2) is 23.1 Å². The minimum atomic E-state index is 0.682. The van der Waals surface area contributed by atoms with Crippen molar-refractivity contribution in [2.75, 3.05) is 13.6 Å². The van der Waals surface area contributed by atoms with Crippen LogP contribution in [0.1, 0.15) is 48.4 Å². The van der Waals surface area contributed by atoms with Gasteiger partial charge in [-0.1, -0.05) is 19.1 Å². The quantitative estimate of drug-likeness (QED) is 0.783. The van der Waals surface area contributed by atoms with Gasteiger partial charge in [-0.05, 0) is 53.8 Å². The average molecular weight is 324 g/mol. The number of hydrogen-bond donors (Lipinski definition) is 0. The molecule has 2 nitrogen and oxygen atoms in total. The second-order valence-electron chi connectivity index (χ2n) is 7.74. The van der Waals surface area contributed by atoms with Gasteiger partial charge in [-0.25, -0.2) is 0 Å². The summed E-state index contributed by atoms with van der Waals surface area (Å²) in [4.78, 5) is 2.53. The molecule has 1 aliphatic carbocycles. The van der Waals surface area contributed by atoms with Gasteiger partial charge in [-0.15, -0.1) is 0 Å². The zero-order valence-electron chi connectivity index (χ0n) is 14.0. The molecule has 0 radical (unpaired) electrons. The summed E-state index contributed by atoms with van der Waals surface area (Å²) in [6.45, 7) is 5.86. The Morgan fingerprint density at radius 1 is 1.22 bits per heavy atom. The van der Waals surface area contributed by atoms with Crippen molar-refractivity contribution in [2.45, 2.75) is 44.7 Å². The first-order valence-electron chi connectivity index (χ1n) is 8.84. The molecule has 23 heavy (non-hydrogen) atoms. The Labute approximate surface area is 141 Å². The highest BCUT2D eigenvalue weighted by Crippen LogP contribution is 2.40. The fraction of sp³-hybridized carbons (Fsp3) is 0.500. The van der Waals surface area contributed by atoms with E-state index in [-0.39, 0.29) is 0 Å². The number of thiophene rings is 1. The van der Waals surface area contributed by atoms with Crippen molar-refractivity contribution in [3.63, 3.8) is 0 Å². The zero-order chi connectivity index (χ0) is 15.6. The second-order valence-corrected chi connectivity index (χ2v) is 8.52. The predicted octanol–water partition coefficient (Wildman–Crippen LogP) is 2.87. The normalized spacial score (nSPS) is 29.4. The third kappa shape index (κ3) is 2.10. The van der Waals surface area contributed by atoms with Gasteiger partial charge in [0.2, 0.25) is 0 Å². The van der Waals surface area contributed by atoms with Gasteiger partial charge in [0.05, 0.1) is 0 Å². The van der Waals surface area contributed by atoms with Crippen LogP contribution in [0.25, 0.3) is 12.2 Å². The van der Waals surface area contributed by atoms with Crippen molar-refractivity contribution in [3.8, 4) is 0 Å². The molecule has 120 valence electrons. The molecule has 3 heteroatoms. The van der Waals surface area contributed by atoms with Crippen molar-refractivity contribution in [1.82, 2.24) is 9.47 Å². The fourth-order valence-corrected chi connectivity index (χ4v) is 5.73. The number of nitrogens with zero attached hydrogens (tertiary/aromatic N) is 2. The molecule has 0 N–H and O–H groups in total. The van der Waals surface area contributed by atoms with Crippen LogP contribution >= 0.6 is 11.3 Å². The lowest BCUT2D eigenvalue weighted by molar-refractivity contribution is 0.241. The highest BCUT2D eigenvalue weighted by molar-refractivity contribution is 7.07. The summed E-state index contributed by atoms with van der Waals surface area (Å²) in [7, 11) is 2.29. The van der Waals surface area contributed by atoms with E-state index >= 15 is 0 Å². The summed E-state index contributed by atoms with van der Waals surface area (Å²) in [5, 5.41) is 7.67. The van der Waals surface area contributed by atoms with Crippen molar-refractivity contribution in [3.05, 3.63) is 44.2 Å². The third-order valence-electron chi connectivity index (χ3n) is 5.96. The summed E-state index contributed by atoms with van der Waals surface area (Å²) in [6.07, 6.45) is 7.54. The van der Waals surface area contributed by atoms with Crippen molar-refractivity contribution < 1.29 is 0 Å². The van der Waals surface area contributed by atoms with E-state index in [1.807, 2.05) is 11.3 Å². The maximum absolute atomic E-state index is 2.69. The average Bonchev–Trinajstić information content (AvgIpc) is 3.15. The van der Waals surface area contributed by atoms with Crippen LogP contribution in [0.5, 0.6) is 0 Å². The van der Waals surface area contributed by atoms with E-state index < -0.39 is 0 Å². The SMILES string of the molecule is CC1C=c2c3c4n(c2=CC1)CC(c1ccsc1)CC4CN(C)C3.